The fraction of sp³-hybridized carbons (Fsp3) is 0.429. The Balaban J connectivity index is 1.77. The summed E-state index contributed by atoms with van der Waals surface area (Å²) in [4.78, 5) is 14.0. The summed E-state index contributed by atoms with van der Waals surface area (Å²) in [5.41, 5.74) is 1.79. The third-order valence-electron chi connectivity index (χ3n) is 4.70. The van der Waals surface area contributed by atoms with E-state index in [0.29, 0.717) is 22.7 Å². The number of carbonyl (C=O) groups excluding carboxylic acids is 1. The Hall–Kier alpha value is -2.32. The highest BCUT2D eigenvalue weighted by atomic mass is 32.1. The minimum atomic E-state index is -0.575. The molecule has 136 valence electrons. The van der Waals surface area contributed by atoms with Crippen LogP contribution in [0.5, 0.6) is 5.75 Å². The highest BCUT2D eigenvalue weighted by Gasteiger charge is 2.24. The first-order chi connectivity index (χ1) is 12.7. The van der Waals surface area contributed by atoms with Gasteiger partial charge in [0.2, 0.25) is 0 Å². The molecule has 1 aromatic heterocycles. The molecule has 3 rings (SSSR count). The van der Waals surface area contributed by atoms with Crippen molar-refractivity contribution >= 4 is 22.2 Å². The third kappa shape index (κ3) is 4.25. The summed E-state index contributed by atoms with van der Waals surface area (Å²) in [6, 6.07) is 11.7. The molecule has 4 nitrogen and oxygen atoms in total. The quantitative estimate of drug-likeness (QED) is 0.801. The molecule has 1 amide bonds. The number of nitrogens with zero attached hydrogens (tertiary/aromatic N) is 1. The van der Waals surface area contributed by atoms with E-state index >= 15 is 0 Å². The summed E-state index contributed by atoms with van der Waals surface area (Å²) in [6.45, 7) is 1.92. The standard InChI is InChI=1S/C21H24N2O2S/c1-2-18(25-15-10-6-5-7-11-15)20(24)23-21-17(14-22)16-12-8-3-4-9-13-19(16)26-21/h5-7,10-11,18H,2-4,8-9,12-13H2,1H3,(H,23,24). The van der Waals surface area contributed by atoms with E-state index in [-0.39, 0.29) is 5.91 Å². The van der Waals surface area contributed by atoms with Crippen LogP contribution in [0.1, 0.15) is 55.0 Å². The van der Waals surface area contributed by atoms with E-state index in [1.165, 1.54) is 17.7 Å². The summed E-state index contributed by atoms with van der Waals surface area (Å²) in [5, 5.41) is 13.3. The fourth-order valence-corrected chi connectivity index (χ4v) is 4.55. The number of amides is 1. The van der Waals surface area contributed by atoms with Crippen LogP contribution in [0.15, 0.2) is 30.3 Å². The highest BCUT2D eigenvalue weighted by Crippen LogP contribution is 2.36. The van der Waals surface area contributed by atoms with Crippen LogP contribution in [0.4, 0.5) is 5.00 Å². The first kappa shape index (κ1) is 18.5. The van der Waals surface area contributed by atoms with E-state index in [2.05, 4.69) is 11.4 Å². The monoisotopic (exact) mass is 368 g/mol. The van der Waals surface area contributed by atoms with Gasteiger partial charge in [0.05, 0.1) is 5.56 Å². The van der Waals surface area contributed by atoms with Crippen LogP contribution < -0.4 is 10.1 Å². The Morgan fingerprint density at radius 2 is 1.96 bits per heavy atom. The van der Waals surface area contributed by atoms with E-state index in [0.717, 1.165) is 31.2 Å². The predicted molar refractivity (Wildman–Crippen MR) is 105 cm³/mol. The second-order valence-corrected chi connectivity index (χ2v) is 7.66. The van der Waals surface area contributed by atoms with Crippen molar-refractivity contribution in [2.75, 3.05) is 5.32 Å². The van der Waals surface area contributed by atoms with E-state index in [9.17, 15) is 10.1 Å². The maximum atomic E-state index is 12.7. The van der Waals surface area contributed by atoms with E-state index in [1.54, 1.807) is 11.3 Å². The number of ether oxygens (including phenoxy) is 1. The number of benzene rings is 1. The zero-order chi connectivity index (χ0) is 18.4. The van der Waals surface area contributed by atoms with Crippen LogP contribution in [0.2, 0.25) is 0 Å². The summed E-state index contributed by atoms with van der Waals surface area (Å²) >= 11 is 1.56. The number of nitriles is 1. The minimum absolute atomic E-state index is 0.193. The van der Waals surface area contributed by atoms with Gasteiger partial charge in [0.1, 0.15) is 16.8 Å². The molecular formula is C21H24N2O2S. The zero-order valence-corrected chi connectivity index (χ0v) is 15.9. The second kappa shape index (κ2) is 8.86. The van der Waals surface area contributed by atoms with Crippen LogP contribution in [0.3, 0.4) is 0 Å². The van der Waals surface area contributed by atoms with Crippen LogP contribution in [0.25, 0.3) is 0 Å². The molecule has 1 atom stereocenters. The number of hydrogen-bond acceptors (Lipinski definition) is 4. The lowest BCUT2D eigenvalue weighted by Crippen LogP contribution is -2.32. The van der Waals surface area contributed by atoms with E-state index in [1.807, 2.05) is 37.3 Å². The third-order valence-corrected chi connectivity index (χ3v) is 5.91. The van der Waals surface area contributed by atoms with Crippen molar-refractivity contribution in [1.29, 1.82) is 5.26 Å². The van der Waals surface area contributed by atoms with Crippen molar-refractivity contribution in [1.82, 2.24) is 0 Å². The molecule has 1 N–H and O–H groups in total. The molecule has 0 radical (unpaired) electrons. The van der Waals surface area contributed by atoms with Crippen LogP contribution in [-0.2, 0) is 17.6 Å². The van der Waals surface area contributed by atoms with Gasteiger partial charge in [-0.2, -0.15) is 5.26 Å². The summed E-state index contributed by atoms with van der Waals surface area (Å²) < 4.78 is 5.82. The van der Waals surface area contributed by atoms with Gasteiger partial charge in [-0.3, -0.25) is 4.79 Å². The summed E-state index contributed by atoms with van der Waals surface area (Å²) in [7, 11) is 0. The lowest BCUT2D eigenvalue weighted by molar-refractivity contribution is -0.122. The number of carbonyl (C=O) groups is 1. The van der Waals surface area contributed by atoms with Gasteiger partial charge in [-0.1, -0.05) is 38.0 Å². The van der Waals surface area contributed by atoms with Gasteiger partial charge in [-0.25, -0.2) is 0 Å². The molecule has 0 saturated heterocycles. The molecule has 0 fully saturated rings. The topological polar surface area (TPSA) is 62.1 Å². The molecule has 0 aliphatic heterocycles. The maximum absolute atomic E-state index is 12.7. The van der Waals surface area contributed by atoms with E-state index in [4.69, 9.17) is 4.74 Å². The molecule has 0 bridgehead atoms. The SMILES string of the molecule is CCC(Oc1ccccc1)C(=O)Nc1sc2c(c1C#N)CCCCCC2. The zero-order valence-electron chi connectivity index (χ0n) is 15.1. The van der Waals surface area contributed by atoms with Crippen molar-refractivity contribution < 1.29 is 9.53 Å². The van der Waals surface area contributed by atoms with Crippen LogP contribution in [0, 0.1) is 11.3 Å². The number of thiophene rings is 1. The molecule has 1 unspecified atom stereocenters. The summed E-state index contributed by atoms with van der Waals surface area (Å²) in [5.74, 6) is 0.482. The van der Waals surface area contributed by atoms with Crippen molar-refractivity contribution in [2.24, 2.45) is 0 Å². The largest absolute Gasteiger partial charge is 0.481 e. The molecule has 0 saturated carbocycles. The van der Waals surface area contributed by atoms with Crippen molar-refractivity contribution in [3.05, 3.63) is 46.3 Å². The van der Waals surface area contributed by atoms with Crippen molar-refractivity contribution in [2.45, 2.75) is 58.0 Å². The predicted octanol–water partition coefficient (Wildman–Crippen LogP) is 5.07. The molecule has 5 heteroatoms. The molecular weight excluding hydrogens is 344 g/mol. The number of para-hydroxylation sites is 1. The number of nitrogens with one attached hydrogen (secondary N) is 1. The van der Waals surface area contributed by atoms with Crippen LogP contribution in [-0.4, -0.2) is 12.0 Å². The van der Waals surface area contributed by atoms with Gasteiger partial charge < -0.3 is 10.1 Å². The first-order valence-electron chi connectivity index (χ1n) is 9.30. The Morgan fingerprint density at radius 1 is 1.23 bits per heavy atom. The second-order valence-electron chi connectivity index (χ2n) is 6.55. The average molecular weight is 369 g/mol. The molecule has 1 aromatic carbocycles. The molecule has 26 heavy (non-hydrogen) atoms. The van der Waals surface area contributed by atoms with Crippen molar-refractivity contribution in [3.8, 4) is 11.8 Å². The number of hydrogen-bond donors (Lipinski definition) is 1. The Labute approximate surface area is 158 Å². The Bertz CT molecular complexity index is 792. The molecule has 2 aromatic rings. The number of anilines is 1. The number of aryl methyl sites for hydroxylation is 1. The van der Waals surface area contributed by atoms with Gasteiger partial charge in [0.15, 0.2) is 6.10 Å². The van der Waals surface area contributed by atoms with Gasteiger partial charge in [-0.05, 0) is 49.8 Å². The maximum Gasteiger partial charge on any atom is 0.266 e. The average Bonchev–Trinajstić information content (AvgIpc) is 2.95. The minimum Gasteiger partial charge on any atom is -0.481 e. The fourth-order valence-electron chi connectivity index (χ4n) is 3.30. The molecule has 0 spiro atoms. The molecule has 1 heterocycles. The van der Waals surface area contributed by atoms with Crippen LogP contribution >= 0.6 is 11.3 Å². The number of fused-ring (bicyclic) bond motifs is 1. The summed E-state index contributed by atoms with van der Waals surface area (Å²) in [6.07, 6.45) is 6.64. The van der Waals surface area contributed by atoms with Gasteiger partial charge in [0.25, 0.3) is 5.91 Å². The van der Waals surface area contributed by atoms with Gasteiger partial charge in [0, 0.05) is 4.88 Å². The normalized spacial score (nSPS) is 15.1. The molecule has 1 aliphatic rings. The molecule has 1 aliphatic carbocycles. The Kier molecular flexibility index (Phi) is 6.30. The smallest absolute Gasteiger partial charge is 0.266 e. The van der Waals surface area contributed by atoms with Gasteiger partial charge >= 0.3 is 0 Å². The van der Waals surface area contributed by atoms with Gasteiger partial charge in [-0.15, -0.1) is 11.3 Å². The first-order valence-corrected chi connectivity index (χ1v) is 10.1. The lowest BCUT2D eigenvalue weighted by Gasteiger charge is -2.16. The number of rotatable bonds is 5. The Morgan fingerprint density at radius 3 is 2.65 bits per heavy atom. The lowest BCUT2D eigenvalue weighted by atomic mass is 9.97. The highest BCUT2D eigenvalue weighted by molar-refractivity contribution is 7.16. The van der Waals surface area contributed by atoms with E-state index < -0.39 is 6.10 Å². The van der Waals surface area contributed by atoms with Crippen molar-refractivity contribution in [3.63, 3.8) is 0 Å².